The second-order valence-corrected chi connectivity index (χ2v) is 8.57. The maximum Gasteiger partial charge on any atom is 0.170 e. The van der Waals surface area contributed by atoms with Gasteiger partial charge in [-0.25, -0.2) is 0 Å². The lowest BCUT2D eigenvalue weighted by Crippen LogP contribution is -2.31. The average Bonchev–Trinajstić information content (AvgIpc) is 2.67. The second-order valence-electron chi connectivity index (χ2n) is 7.13. The van der Waals surface area contributed by atoms with Crippen molar-refractivity contribution in [3.05, 3.63) is 53.1 Å². The SMILES string of the molecule is Cc1cccc(C)c1NC(=S)NCCCCCNC(=S)Nc1c(C)cccc1P. The molecule has 29 heavy (non-hydrogen) atoms. The molecule has 4 N–H and O–H groups in total. The summed E-state index contributed by atoms with van der Waals surface area (Å²) in [4.78, 5) is 0. The van der Waals surface area contributed by atoms with Crippen LogP contribution >= 0.6 is 33.7 Å². The maximum absolute atomic E-state index is 5.41. The quantitative estimate of drug-likeness (QED) is 0.271. The average molecular weight is 447 g/mol. The highest BCUT2D eigenvalue weighted by atomic mass is 32.1. The van der Waals surface area contributed by atoms with E-state index in [1.165, 1.54) is 16.7 Å². The van der Waals surface area contributed by atoms with Gasteiger partial charge in [-0.05, 0) is 86.5 Å². The van der Waals surface area contributed by atoms with Crippen LogP contribution < -0.4 is 26.6 Å². The number of hydrogen-bond donors (Lipinski definition) is 4. The van der Waals surface area contributed by atoms with Crippen molar-refractivity contribution in [1.82, 2.24) is 10.6 Å². The van der Waals surface area contributed by atoms with Gasteiger partial charge in [-0.15, -0.1) is 9.24 Å². The summed E-state index contributed by atoms with van der Waals surface area (Å²) in [5, 5.41) is 15.6. The molecule has 0 aliphatic carbocycles. The molecular formula is C22H31N4PS2. The Balaban J connectivity index is 1.58. The van der Waals surface area contributed by atoms with Crippen molar-refractivity contribution in [3.8, 4) is 0 Å². The smallest absolute Gasteiger partial charge is 0.170 e. The highest BCUT2D eigenvalue weighted by molar-refractivity contribution is 7.80. The van der Waals surface area contributed by atoms with Gasteiger partial charge in [0.2, 0.25) is 0 Å². The summed E-state index contributed by atoms with van der Waals surface area (Å²) in [6, 6.07) is 12.4. The van der Waals surface area contributed by atoms with Crippen LogP contribution in [0.2, 0.25) is 0 Å². The van der Waals surface area contributed by atoms with Gasteiger partial charge in [0.1, 0.15) is 0 Å². The van der Waals surface area contributed by atoms with Crippen LogP contribution in [0.1, 0.15) is 36.0 Å². The molecule has 0 amide bonds. The number of rotatable bonds is 8. The molecule has 0 aromatic heterocycles. The minimum atomic E-state index is 0.667. The molecular weight excluding hydrogens is 415 g/mol. The van der Waals surface area contributed by atoms with Crippen molar-refractivity contribution >= 4 is 60.6 Å². The molecule has 7 heteroatoms. The van der Waals surface area contributed by atoms with Gasteiger partial charge in [-0.2, -0.15) is 0 Å². The minimum Gasteiger partial charge on any atom is -0.362 e. The number of anilines is 2. The first-order chi connectivity index (χ1) is 13.9. The number of aryl methyl sites for hydroxylation is 3. The Kier molecular flexibility index (Phi) is 9.79. The summed E-state index contributed by atoms with van der Waals surface area (Å²) in [7, 11) is 2.74. The van der Waals surface area contributed by atoms with Crippen LogP contribution in [0, 0.1) is 20.8 Å². The van der Waals surface area contributed by atoms with Crippen LogP contribution in [0.3, 0.4) is 0 Å². The fraction of sp³-hybridized carbons (Fsp3) is 0.364. The largest absolute Gasteiger partial charge is 0.362 e. The molecule has 0 spiro atoms. The Morgan fingerprint density at radius 2 is 1.17 bits per heavy atom. The zero-order valence-electron chi connectivity index (χ0n) is 17.4. The van der Waals surface area contributed by atoms with E-state index in [0.717, 1.165) is 49.0 Å². The van der Waals surface area contributed by atoms with Crippen LogP contribution in [0.25, 0.3) is 0 Å². The predicted molar refractivity (Wildman–Crippen MR) is 139 cm³/mol. The highest BCUT2D eigenvalue weighted by Gasteiger charge is 2.05. The van der Waals surface area contributed by atoms with Crippen LogP contribution in [0.4, 0.5) is 11.4 Å². The maximum atomic E-state index is 5.41. The first kappa shape index (κ1) is 23.5. The summed E-state index contributed by atoms with van der Waals surface area (Å²) in [6.07, 6.45) is 3.22. The third-order valence-electron chi connectivity index (χ3n) is 4.69. The Morgan fingerprint density at radius 3 is 1.69 bits per heavy atom. The standard InChI is InChI=1S/C22H31N4PS2/c1-15-9-7-10-16(2)19(15)25-21(28)23-13-5-4-6-14-24-22(29)26-20-17(3)11-8-12-18(20)27/h7-12H,4-6,13-14,27H2,1-3H3,(H2,23,25,28)(H2,24,26,29). The number of thiocarbonyl (C=S) groups is 2. The van der Waals surface area contributed by atoms with Crippen LogP contribution in [-0.2, 0) is 0 Å². The van der Waals surface area contributed by atoms with Gasteiger partial charge in [0.05, 0.1) is 5.69 Å². The highest BCUT2D eigenvalue weighted by Crippen LogP contribution is 2.19. The fourth-order valence-electron chi connectivity index (χ4n) is 3.02. The third-order valence-corrected chi connectivity index (χ3v) is 5.66. The molecule has 0 fully saturated rings. The van der Waals surface area contributed by atoms with E-state index in [-0.39, 0.29) is 0 Å². The number of para-hydroxylation sites is 2. The van der Waals surface area contributed by atoms with Gasteiger partial charge in [0.15, 0.2) is 10.2 Å². The Labute approximate surface area is 187 Å². The van der Waals surface area contributed by atoms with Crippen LogP contribution in [0.5, 0.6) is 0 Å². The van der Waals surface area contributed by atoms with E-state index in [9.17, 15) is 0 Å². The Hall–Kier alpha value is -1.75. The molecule has 2 aromatic rings. The van der Waals surface area contributed by atoms with Gasteiger partial charge in [0.25, 0.3) is 0 Å². The summed E-state index contributed by atoms with van der Waals surface area (Å²) >= 11 is 10.8. The van der Waals surface area contributed by atoms with Gasteiger partial charge < -0.3 is 21.3 Å². The first-order valence-corrected chi connectivity index (χ1v) is 11.3. The monoisotopic (exact) mass is 446 g/mol. The normalized spacial score (nSPS) is 10.3. The molecule has 0 saturated heterocycles. The zero-order valence-corrected chi connectivity index (χ0v) is 20.2. The van der Waals surface area contributed by atoms with Crippen molar-refractivity contribution in [2.24, 2.45) is 0 Å². The van der Waals surface area contributed by atoms with Crippen molar-refractivity contribution in [2.75, 3.05) is 23.7 Å². The lowest BCUT2D eigenvalue weighted by Gasteiger charge is -2.15. The van der Waals surface area contributed by atoms with E-state index >= 15 is 0 Å². The van der Waals surface area contributed by atoms with E-state index < -0.39 is 0 Å². The van der Waals surface area contributed by atoms with Crippen LogP contribution in [0.15, 0.2) is 36.4 Å². The van der Waals surface area contributed by atoms with Crippen molar-refractivity contribution in [2.45, 2.75) is 40.0 Å². The van der Waals surface area contributed by atoms with E-state index in [1.807, 2.05) is 6.07 Å². The number of benzene rings is 2. The molecule has 2 aromatic carbocycles. The summed E-state index contributed by atoms with van der Waals surface area (Å²) in [5.41, 5.74) is 5.73. The van der Waals surface area contributed by atoms with Gasteiger partial charge in [-0.1, -0.05) is 36.4 Å². The van der Waals surface area contributed by atoms with E-state index in [1.54, 1.807) is 0 Å². The minimum absolute atomic E-state index is 0.667. The molecule has 156 valence electrons. The lowest BCUT2D eigenvalue weighted by atomic mass is 10.1. The second kappa shape index (κ2) is 12.1. The molecule has 0 heterocycles. The van der Waals surface area contributed by atoms with E-state index in [2.05, 4.69) is 81.6 Å². The molecule has 0 aliphatic heterocycles. The van der Waals surface area contributed by atoms with E-state index in [0.29, 0.717) is 10.2 Å². The van der Waals surface area contributed by atoms with Crippen molar-refractivity contribution < 1.29 is 0 Å². The lowest BCUT2D eigenvalue weighted by molar-refractivity contribution is 0.655. The topological polar surface area (TPSA) is 48.1 Å². The molecule has 1 atom stereocenters. The number of unbranched alkanes of at least 4 members (excludes halogenated alkanes) is 2. The molecule has 1 unspecified atom stereocenters. The van der Waals surface area contributed by atoms with Crippen LogP contribution in [-0.4, -0.2) is 23.3 Å². The van der Waals surface area contributed by atoms with Gasteiger partial charge in [0, 0.05) is 18.8 Å². The number of hydrogen-bond acceptors (Lipinski definition) is 2. The molecule has 2 rings (SSSR count). The third kappa shape index (κ3) is 7.88. The predicted octanol–water partition coefficient (Wildman–Crippen LogP) is 4.56. The fourth-order valence-corrected chi connectivity index (χ4v) is 3.84. The van der Waals surface area contributed by atoms with Gasteiger partial charge >= 0.3 is 0 Å². The molecule has 0 bridgehead atoms. The zero-order chi connectivity index (χ0) is 21.2. The molecule has 0 saturated carbocycles. The summed E-state index contributed by atoms with van der Waals surface area (Å²) in [5.74, 6) is 0. The number of nitrogens with one attached hydrogen (secondary N) is 4. The Morgan fingerprint density at radius 1 is 0.724 bits per heavy atom. The Bertz CT molecular complexity index is 745. The summed E-state index contributed by atoms with van der Waals surface area (Å²) < 4.78 is 0. The summed E-state index contributed by atoms with van der Waals surface area (Å²) in [6.45, 7) is 7.96. The van der Waals surface area contributed by atoms with Crippen molar-refractivity contribution in [1.29, 1.82) is 0 Å². The van der Waals surface area contributed by atoms with Crippen molar-refractivity contribution in [3.63, 3.8) is 0 Å². The van der Waals surface area contributed by atoms with E-state index in [4.69, 9.17) is 24.4 Å². The molecule has 0 aliphatic rings. The molecule has 4 nitrogen and oxygen atoms in total. The molecule has 0 radical (unpaired) electrons. The first-order valence-electron chi connectivity index (χ1n) is 9.89. The van der Waals surface area contributed by atoms with Gasteiger partial charge in [-0.3, -0.25) is 0 Å².